The van der Waals surface area contributed by atoms with Crippen molar-refractivity contribution in [1.29, 1.82) is 0 Å². The highest BCUT2D eigenvalue weighted by Gasteiger charge is 2.36. The molecule has 0 aliphatic carbocycles. The Balaban J connectivity index is 1.32. The Hall–Kier alpha value is -3.84. The minimum Gasteiger partial charge on any atom is -0.378 e. The van der Waals surface area contributed by atoms with E-state index < -0.39 is 22.1 Å². The van der Waals surface area contributed by atoms with Gasteiger partial charge in [-0.15, -0.1) is 0 Å². The zero-order valence-corrected chi connectivity index (χ0v) is 26.7. The molecule has 3 aromatic rings. The number of pyridine rings is 1. The lowest BCUT2D eigenvalue weighted by Gasteiger charge is -2.41. The van der Waals surface area contributed by atoms with Crippen LogP contribution in [-0.2, 0) is 19.4 Å². The lowest BCUT2D eigenvalue weighted by molar-refractivity contribution is -0.126. The first-order valence-corrected chi connectivity index (χ1v) is 17.4. The van der Waals surface area contributed by atoms with Gasteiger partial charge in [-0.2, -0.15) is 4.98 Å². The van der Waals surface area contributed by atoms with Crippen molar-refractivity contribution in [2.45, 2.75) is 50.5 Å². The number of carbonyl (C=O) groups excluding carboxylic acids is 1. The Morgan fingerprint density at radius 2 is 1.98 bits per heavy atom. The number of piperidine rings is 1. The van der Waals surface area contributed by atoms with E-state index in [9.17, 15) is 17.6 Å². The molecule has 240 valence electrons. The van der Waals surface area contributed by atoms with Crippen LogP contribution in [0.5, 0.6) is 0 Å². The number of fused-ring (bicyclic) bond motifs is 1. The number of nitrogens with one attached hydrogen (secondary N) is 1. The monoisotopic (exact) mass is 637 g/mol. The van der Waals surface area contributed by atoms with Crippen molar-refractivity contribution in [2.75, 3.05) is 60.4 Å². The van der Waals surface area contributed by atoms with Crippen LogP contribution in [0.3, 0.4) is 0 Å². The van der Waals surface area contributed by atoms with E-state index >= 15 is 0 Å². The van der Waals surface area contributed by atoms with E-state index in [2.05, 4.69) is 33.9 Å². The van der Waals surface area contributed by atoms with Crippen molar-refractivity contribution >= 4 is 49.8 Å². The molecule has 0 radical (unpaired) electrons. The van der Waals surface area contributed by atoms with E-state index in [1.807, 2.05) is 29.0 Å². The van der Waals surface area contributed by atoms with E-state index in [1.54, 1.807) is 12.3 Å². The number of likely N-dealkylation sites (tertiary alicyclic amines) is 1. The van der Waals surface area contributed by atoms with Gasteiger partial charge < -0.3 is 24.8 Å². The number of anilines is 4. The summed E-state index contributed by atoms with van der Waals surface area (Å²) in [6.07, 6.45) is 6.78. The summed E-state index contributed by atoms with van der Waals surface area (Å²) in [4.78, 5) is 32.5. The Labute approximate surface area is 263 Å². The van der Waals surface area contributed by atoms with Gasteiger partial charge in [-0.3, -0.25) is 4.79 Å². The molecule has 0 bridgehead atoms. The Morgan fingerprint density at radius 1 is 1.18 bits per heavy atom. The standard InChI is InChI=1S/C32H40FN7O4S/c1-5-31(41)39-12-6-7-27(39)22-8-9-26(38-16-21(17-38)19-45(4,42)43)24-15-35-30(14-23(22)24)36-29-10-11-34-32(37-29)40-18-25(33)28(44-3)13-20(40)2/h5,8-11,14-15,20-21,25,27-28H,1,6-7,12-13,16-19H2,2-4H3,(H,34,35,36,37)/t20-,25+,27+,28-/m1/s1. The van der Waals surface area contributed by atoms with Gasteiger partial charge in [0.15, 0.2) is 0 Å². The zero-order valence-electron chi connectivity index (χ0n) is 25.9. The second-order valence-corrected chi connectivity index (χ2v) is 14.6. The van der Waals surface area contributed by atoms with Gasteiger partial charge in [0.2, 0.25) is 11.9 Å². The summed E-state index contributed by atoms with van der Waals surface area (Å²) in [5, 5.41) is 5.19. The number of amides is 1. The van der Waals surface area contributed by atoms with Crippen LogP contribution in [0.2, 0.25) is 0 Å². The SMILES string of the molecule is C=CC(=O)N1CCC[C@H]1c1ccc(N2CC(CS(C)(=O)=O)C2)c2cnc(Nc3ccnc(N4C[C@H](F)[C@H](OC)C[C@H]4C)n3)cc12. The van der Waals surface area contributed by atoms with Crippen molar-refractivity contribution in [2.24, 2.45) is 5.92 Å². The second-order valence-electron chi connectivity index (χ2n) is 12.4. The lowest BCUT2D eigenvalue weighted by atomic mass is 9.94. The molecule has 1 N–H and O–H groups in total. The number of aromatic nitrogens is 3. The Bertz CT molecular complexity index is 1700. The minimum absolute atomic E-state index is 0.00291. The molecule has 3 aliphatic heterocycles. The van der Waals surface area contributed by atoms with Crippen molar-refractivity contribution < 1.29 is 22.3 Å². The van der Waals surface area contributed by atoms with Gasteiger partial charge in [0.25, 0.3) is 0 Å². The average Bonchev–Trinajstić information content (AvgIpc) is 3.48. The van der Waals surface area contributed by atoms with Crippen molar-refractivity contribution in [1.82, 2.24) is 19.9 Å². The molecule has 11 nitrogen and oxygen atoms in total. The highest BCUT2D eigenvalue weighted by Crippen LogP contribution is 2.41. The highest BCUT2D eigenvalue weighted by molar-refractivity contribution is 7.90. The molecule has 3 fully saturated rings. The first kappa shape index (κ1) is 31.2. The summed E-state index contributed by atoms with van der Waals surface area (Å²) < 4.78 is 43.7. The number of sulfone groups is 1. The molecule has 2 aromatic heterocycles. The number of carbonyl (C=O) groups is 1. The van der Waals surface area contributed by atoms with Crippen LogP contribution >= 0.6 is 0 Å². The van der Waals surface area contributed by atoms with Crippen molar-refractivity contribution in [3.05, 3.63) is 54.9 Å². The predicted octanol–water partition coefficient (Wildman–Crippen LogP) is 4.05. The Kier molecular flexibility index (Phi) is 8.66. The van der Waals surface area contributed by atoms with Crippen LogP contribution in [0.25, 0.3) is 10.8 Å². The molecule has 45 heavy (non-hydrogen) atoms. The number of benzene rings is 1. The fourth-order valence-electron chi connectivity index (χ4n) is 6.96. The predicted molar refractivity (Wildman–Crippen MR) is 173 cm³/mol. The lowest BCUT2D eigenvalue weighted by Crippen LogP contribution is -2.51. The van der Waals surface area contributed by atoms with Crippen LogP contribution in [0, 0.1) is 5.92 Å². The number of alkyl halides is 1. The third-order valence-electron chi connectivity index (χ3n) is 9.16. The van der Waals surface area contributed by atoms with Gasteiger partial charge in [-0.25, -0.2) is 22.8 Å². The van der Waals surface area contributed by atoms with Gasteiger partial charge in [0, 0.05) is 68.4 Å². The summed E-state index contributed by atoms with van der Waals surface area (Å²) in [5.74, 6) is 1.68. The maximum Gasteiger partial charge on any atom is 0.246 e. The molecule has 6 rings (SSSR count). The maximum atomic E-state index is 14.7. The van der Waals surface area contributed by atoms with E-state index in [-0.39, 0.29) is 36.2 Å². The topological polar surface area (TPSA) is 121 Å². The minimum atomic E-state index is -3.05. The normalized spacial score (nSPS) is 24.1. The van der Waals surface area contributed by atoms with Gasteiger partial charge in [0.1, 0.15) is 27.6 Å². The molecule has 1 amide bonds. The largest absolute Gasteiger partial charge is 0.378 e. The molecule has 0 spiro atoms. The first-order chi connectivity index (χ1) is 21.5. The molecule has 3 aliphatic rings. The molecular formula is C32H40FN7O4S. The quantitative estimate of drug-likeness (QED) is 0.344. The summed E-state index contributed by atoms with van der Waals surface area (Å²) in [6, 6.07) is 7.75. The summed E-state index contributed by atoms with van der Waals surface area (Å²) in [6.45, 7) is 7.82. The van der Waals surface area contributed by atoms with Gasteiger partial charge in [0.05, 0.1) is 24.4 Å². The molecular weight excluding hydrogens is 597 g/mol. The van der Waals surface area contributed by atoms with Crippen molar-refractivity contribution in [3.63, 3.8) is 0 Å². The second kappa shape index (κ2) is 12.5. The Morgan fingerprint density at radius 3 is 2.71 bits per heavy atom. The molecule has 0 unspecified atom stereocenters. The number of nitrogens with zero attached hydrogens (tertiary/aromatic N) is 6. The fourth-order valence-corrected chi connectivity index (χ4v) is 8.03. The fraction of sp³-hybridized carbons (Fsp3) is 0.500. The van der Waals surface area contributed by atoms with E-state index in [1.165, 1.54) is 19.4 Å². The van der Waals surface area contributed by atoms with Crippen LogP contribution in [0.15, 0.2) is 49.3 Å². The summed E-state index contributed by atoms with van der Waals surface area (Å²) in [5.41, 5.74) is 2.00. The third-order valence-corrected chi connectivity index (χ3v) is 10.2. The van der Waals surface area contributed by atoms with Crippen LogP contribution in [-0.4, -0.2) is 97.8 Å². The van der Waals surface area contributed by atoms with Crippen molar-refractivity contribution in [3.8, 4) is 0 Å². The average molecular weight is 638 g/mol. The van der Waals surface area contributed by atoms with Gasteiger partial charge >= 0.3 is 0 Å². The van der Waals surface area contributed by atoms with Crippen LogP contribution in [0.4, 0.5) is 27.7 Å². The molecule has 3 saturated heterocycles. The molecule has 4 atom stereocenters. The molecule has 1 aromatic carbocycles. The molecule has 5 heterocycles. The number of hydrogen-bond acceptors (Lipinski definition) is 10. The highest BCUT2D eigenvalue weighted by atomic mass is 32.2. The smallest absolute Gasteiger partial charge is 0.246 e. The van der Waals surface area contributed by atoms with Gasteiger partial charge in [-0.05, 0) is 61.4 Å². The maximum absolute atomic E-state index is 14.7. The summed E-state index contributed by atoms with van der Waals surface area (Å²) >= 11 is 0. The number of methoxy groups -OCH3 is 1. The first-order valence-electron chi connectivity index (χ1n) is 15.4. The van der Waals surface area contributed by atoms with E-state index in [0.717, 1.165) is 34.9 Å². The summed E-state index contributed by atoms with van der Waals surface area (Å²) in [7, 11) is -1.52. The number of rotatable bonds is 9. The van der Waals surface area contributed by atoms with Crippen LogP contribution < -0.4 is 15.1 Å². The molecule has 0 saturated carbocycles. The van der Waals surface area contributed by atoms with E-state index in [4.69, 9.17) is 14.7 Å². The number of halogens is 1. The van der Waals surface area contributed by atoms with E-state index in [0.29, 0.717) is 43.6 Å². The third kappa shape index (κ3) is 6.46. The van der Waals surface area contributed by atoms with Gasteiger partial charge in [-0.1, -0.05) is 12.6 Å². The number of hydrogen-bond donors (Lipinski definition) is 1. The zero-order chi connectivity index (χ0) is 31.9. The molecule has 13 heteroatoms. The number of ether oxygens (including phenoxy) is 1. The van der Waals surface area contributed by atoms with Crippen LogP contribution in [0.1, 0.15) is 37.8 Å².